The van der Waals surface area contributed by atoms with Crippen molar-refractivity contribution in [2.45, 2.75) is 19.8 Å². The molecule has 0 N–H and O–H groups in total. The zero-order chi connectivity index (χ0) is 12.3. The summed E-state index contributed by atoms with van der Waals surface area (Å²) in [6.07, 6.45) is 0.875. The zero-order valence-electron chi connectivity index (χ0n) is 9.44. The Labute approximate surface area is 103 Å². The third-order valence-corrected chi connectivity index (χ3v) is 3.43. The average Bonchev–Trinajstić information content (AvgIpc) is 2.73. The number of carbonyl (C=O) groups excluding carboxylic acids is 1. The Balaban J connectivity index is 2.01. The Hall–Kier alpha value is -1.55. The molecule has 4 heteroatoms. The summed E-state index contributed by atoms with van der Waals surface area (Å²) in [6, 6.07) is 6.08. The number of benzene rings is 1. The van der Waals surface area contributed by atoms with E-state index in [1.165, 1.54) is 23.5 Å². The molecule has 0 saturated heterocycles. The van der Waals surface area contributed by atoms with Crippen LogP contribution in [0, 0.1) is 12.7 Å². The molecule has 0 aliphatic carbocycles. The highest BCUT2D eigenvalue weighted by molar-refractivity contribution is 7.09. The quantitative estimate of drug-likeness (QED) is 0.777. The van der Waals surface area contributed by atoms with Gasteiger partial charge in [0.05, 0.1) is 10.6 Å². The molecule has 88 valence electrons. The van der Waals surface area contributed by atoms with Crippen LogP contribution in [-0.4, -0.2) is 10.8 Å². The molecule has 0 atom stereocenters. The Morgan fingerprint density at radius 1 is 1.41 bits per heavy atom. The lowest BCUT2D eigenvalue weighted by Crippen LogP contribution is -2.03. The predicted octanol–water partition coefficient (Wildman–Crippen LogP) is 3.41. The lowest BCUT2D eigenvalue weighted by atomic mass is 10.1. The summed E-state index contributed by atoms with van der Waals surface area (Å²) in [5.74, 6) is -0.622. The highest BCUT2D eigenvalue weighted by atomic mass is 32.1. The summed E-state index contributed by atoms with van der Waals surface area (Å²) < 4.78 is 13.3. The normalized spacial score (nSPS) is 10.5. The molecule has 2 aromatic rings. The van der Waals surface area contributed by atoms with E-state index in [1.54, 1.807) is 12.1 Å². The third-order valence-electron chi connectivity index (χ3n) is 2.41. The van der Waals surface area contributed by atoms with E-state index < -0.39 is 5.82 Å². The maximum atomic E-state index is 13.3. The van der Waals surface area contributed by atoms with Crippen molar-refractivity contribution >= 4 is 17.1 Å². The number of ketones is 1. The van der Waals surface area contributed by atoms with Gasteiger partial charge in [0, 0.05) is 23.9 Å². The van der Waals surface area contributed by atoms with E-state index in [9.17, 15) is 9.18 Å². The minimum Gasteiger partial charge on any atom is -0.294 e. The van der Waals surface area contributed by atoms with Gasteiger partial charge in [0.1, 0.15) is 5.82 Å². The number of hydrogen-bond acceptors (Lipinski definition) is 3. The first kappa shape index (κ1) is 11.9. The fourth-order valence-corrected chi connectivity index (χ4v) is 2.34. The molecular formula is C13H12FNOS. The molecule has 1 heterocycles. The van der Waals surface area contributed by atoms with Crippen LogP contribution in [0.15, 0.2) is 29.6 Å². The number of aromatic nitrogens is 1. The molecule has 17 heavy (non-hydrogen) atoms. The van der Waals surface area contributed by atoms with Crippen LogP contribution in [0.1, 0.15) is 27.5 Å². The fourth-order valence-electron chi connectivity index (χ4n) is 1.56. The number of carbonyl (C=O) groups is 1. The number of aryl methyl sites for hydroxylation is 2. The van der Waals surface area contributed by atoms with Gasteiger partial charge in [-0.15, -0.1) is 11.3 Å². The van der Waals surface area contributed by atoms with Gasteiger partial charge in [-0.25, -0.2) is 9.37 Å². The van der Waals surface area contributed by atoms with E-state index >= 15 is 0 Å². The van der Waals surface area contributed by atoms with Gasteiger partial charge in [-0.3, -0.25) is 4.79 Å². The van der Waals surface area contributed by atoms with Crippen LogP contribution in [-0.2, 0) is 6.42 Å². The first-order chi connectivity index (χ1) is 8.16. The monoisotopic (exact) mass is 249 g/mol. The van der Waals surface area contributed by atoms with Crippen LogP contribution in [0.3, 0.4) is 0 Å². The molecule has 0 spiro atoms. The van der Waals surface area contributed by atoms with Crippen LogP contribution < -0.4 is 0 Å². The zero-order valence-corrected chi connectivity index (χ0v) is 10.3. The molecule has 0 radical (unpaired) electrons. The Morgan fingerprint density at radius 3 is 2.82 bits per heavy atom. The number of hydrogen-bond donors (Lipinski definition) is 0. The smallest absolute Gasteiger partial charge is 0.166 e. The number of rotatable bonds is 4. The van der Waals surface area contributed by atoms with E-state index in [2.05, 4.69) is 4.98 Å². The predicted molar refractivity (Wildman–Crippen MR) is 65.9 cm³/mol. The number of nitrogens with zero attached hydrogens (tertiary/aromatic N) is 1. The number of thiazole rings is 1. The van der Waals surface area contributed by atoms with Gasteiger partial charge in [-0.1, -0.05) is 12.1 Å². The van der Waals surface area contributed by atoms with Crippen molar-refractivity contribution in [3.63, 3.8) is 0 Å². The summed E-state index contributed by atoms with van der Waals surface area (Å²) >= 11 is 1.53. The van der Waals surface area contributed by atoms with Crippen LogP contribution in [0.4, 0.5) is 4.39 Å². The second kappa shape index (κ2) is 5.19. The molecule has 2 nitrogen and oxygen atoms in total. The average molecular weight is 249 g/mol. The maximum Gasteiger partial charge on any atom is 0.166 e. The Bertz CT molecular complexity index is 536. The van der Waals surface area contributed by atoms with E-state index in [0.717, 1.165) is 10.7 Å². The van der Waals surface area contributed by atoms with Gasteiger partial charge in [-0.2, -0.15) is 0 Å². The Kier molecular flexibility index (Phi) is 3.64. The van der Waals surface area contributed by atoms with E-state index in [1.807, 2.05) is 12.3 Å². The molecule has 0 saturated carbocycles. The lowest BCUT2D eigenvalue weighted by Gasteiger charge is -2.00. The van der Waals surface area contributed by atoms with Crippen molar-refractivity contribution < 1.29 is 9.18 Å². The van der Waals surface area contributed by atoms with Crippen LogP contribution in [0.2, 0.25) is 0 Å². The number of Topliss-reactive ketones (excluding diaryl/α,β-unsaturated/α-hetero) is 1. The van der Waals surface area contributed by atoms with Crippen molar-refractivity contribution in [2.24, 2.45) is 0 Å². The van der Waals surface area contributed by atoms with Crippen molar-refractivity contribution in [3.05, 3.63) is 51.7 Å². The van der Waals surface area contributed by atoms with Crippen LogP contribution in [0.5, 0.6) is 0 Å². The van der Waals surface area contributed by atoms with Crippen molar-refractivity contribution in [3.8, 4) is 0 Å². The van der Waals surface area contributed by atoms with Crippen molar-refractivity contribution in [1.82, 2.24) is 4.98 Å². The second-order valence-corrected chi connectivity index (χ2v) is 4.73. The van der Waals surface area contributed by atoms with E-state index in [4.69, 9.17) is 0 Å². The van der Waals surface area contributed by atoms with Crippen LogP contribution in [0.25, 0.3) is 0 Å². The highest BCUT2D eigenvalue weighted by Gasteiger charge is 2.11. The number of halogens is 1. The molecule has 0 amide bonds. The Morgan fingerprint density at radius 2 is 2.18 bits per heavy atom. The fraction of sp³-hybridized carbons (Fsp3) is 0.231. The summed E-state index contributed by atoms with van der Waals surface area (Å²) in [7, 11) is 0. The van der Waals surface area contributed by atoms with Gasteiger partial charge < -0.3 is 0 Å². The molecule has 0 unspecified atom stereocenters. The summed E-state index contributed by atoms with van der Waals surface area (Å²) in [5, 5.41) is 2.87. The highest BCUT2D eigenvalue weighted by Crippen LogP contribution is 2.14. The lowest BCUT2D eigenvalue weighted by molar-refractivity contribution is 0.0979. The largest absolute Gasteiger partial charge is 0.294 e. The minimum atomic E-state index is -0.451. The first-order valence-electron chi connectivity index (χ1n) is 5.35. The molecule has 1 aromatic heterocycles. The SMILES string of the molecule is Cc1csc(CCC(=O)c2ccccc2F)n1. The molecule has 0 aliphatic heterocycles. The van der Waals surface area contributed by atoms with Crippen molar-refractivity contribution in [1.29, 1.82) is 0 Å². The summed E-state index contributed by atoms with van der Waals surface area (Å²) in [5.41, 5.74) is 1.13. The topological polar surface area (TPSA) is 30.0 Å². The minimum absolute atomic E-state index is 0.167. The van der Waals surface area contributed by atoms with Gasteiger partial charge in [0.25, 0.3) is 0 Å². The van der Waals surface area contributed by atoms with Gasteiger partial charge >= 0.3 is 0 Å². The van der Waals surface area contributed by atoms with Crippen molar-refractivity contribution in [2.75, 3.05) is 0 Å². The van der Waals surface area contributed by atoms with Crippen LogP contribution >= 0.6 is 11.3 Å². The van der Waals surface area contributed by atoms with Gasteiger partial charge in [0.2, 0.25) is 0 Å². The van der Waals surface area contributed by atoms with E-state index in [-0.39, 0.29) is 11.3 Å². The van der Waals surface area contributed by atoms with Gasteiger partial charge in [-0.05, 0) is 19.1 Å². The summed E-state index contributed by atoms with van der Waals surface area (Å²) in [6.45, 7) is 1.92. The molecule has 0 aliphatic rings. The third kappa shape index (κ3) is 2.97. The summed E-state index contributed by atoms with van der Waals surface area (Å²) in [4.78, 5) is 16.1. The molecule has 2 rings (SSSR count). The first-order valence-corrected chi connectivity index (χ1v) is 6.23. The molecule has 0 bridgehead atoms. The maximum absolute atomic E-state index is 13.3. The second-order valence-electron chi connectivity index (χ2n) is 3.79. The standard InChI is InChI=1S/C13H12FNOS/c1-9-8-17-13(15-9)7-6-12(16)10-4-2-3-5-11(10)14/h2-5,8H,6-7H2,1H3. The van der Waals surface area contributed by atoms with Gasteiger partial charge in [0.15, 0.2) is 5.78 Å². The molecule has 0 fully saturated rings. The van der Waals surface area contributed by atoms with E-state index in [0.29, 0.717) is 12.8 Å². The molecular weight excluding hydrogens is 237 g/mol. The molecule has 1 aromatic carbocycles.